The number of carboxylic acids is 1. The number of hydrogen-bond donors (Lipinski definition) is 2. The molecule has 6 rings (SSSR count). The maximum absolute atomic E-state index is 12.8. The molecule has 0 saturated heterocycles. The van der Waals surface area contributed by atoms with E-state index >= 15 is 0 Å². The summed E-state index contributed by atoms with van der Waals surface area (Å²) in [6.07, 6.45) is 2.15. The van der Waals surface area contributed by atoms with Gasteiger partial charge in [0.2, 0.25) is 0 Å². The number of aromatic carboxylic acids is 1. The van der Waals surface area contributed by atoms with Crippen LogP contribution in [0.25, 0.3) is 21.6 Å². The van der Waals surface area contributed by atoms with Gasteiger partial charge in [-0.15, -0.1) is 11.3 Å². The first-order valence-corrected chi connectivity index (χ1v) is 14.5. The maximum Gasteiger partial charge on any atom is 0.407 e. The van der Waals surface area contributed by atoms with Gasteiger partial charge in [-0.3, -0.25) is 0 Å². The monoisotopic (exact) mass is 570 g/mol. The highest BCUT2D eigenvalue weighted by molar-refractivity contribution is 7.13. The Kier molecular flexibility index (Phi) is 7.61. The second kappa shape index (κ2) is 11.6. The molecule has 0 unspecified atom stereocenters. The molecule has 210 valence electrons. The van der Waals surface area contributed by atoms with E-state index in [2.05, 4.69) is 34.6 Å². The van der Waals surface area contributed by atoms with E-state index in [-0.39, 0.29) is 18.2 Å². The largest absolute Gasteiger partial charge is 0.493 e. The zero-order valence-corrected chi connectivity index (χ0v) is 23.4. The van der Waals surface area contributed by atoms with Gasteiger partial charge in [-0.2, -0.15) is 0 Å². The molecule has 2 N–H and O–H groups in total. The maximum atomic E-state index is 12.8. The van der Waals surface area contributed by atoms with Crippen molar-refractivity contribution < 1.29 is 28.9 Å². The molecule has 0 bridgehead atoms. The number of benzene rings is 3. The van der Waals surface area contributed by atoms with Gasteiger partial charge in [-0.1, -0.05) is 54.6 Å². The summed E-state index contributed by atoms with van der Waals surface area (Å²) in [6, 6.07) is 20.1. The molecule has 0 spiro atoms. The van der Waals surface area contributed by atoms with E-state index in [4.69, 9.17) is 14.2 Å². The SMILES string of the molecule is COc1ccc(CCNC(=O)OCC2c3ccccc3-c3ccccc32)c(-c2scnc2C(=O)O)c1OCC1CC1. The minimum Gasteiger partial charge on any atom is -0.493 e. The summed E-state index contributed by atoms with van der Waals surface area (Å²) in [4.78, 5) is 29.3. The van der Waals surface area contributed by atoms with Crippen molar-refractivity contribution in [3.8, 4) is 33.1 Å². The Labute approximate surface area is 241 Å². The fourth-order valence-electron chi connectivity index (χ4n) is 5.38. The number of amides is 1. The minimum atomic E-state index is -1.11. The Balaban J connectivity index is 1.17. The number of methoxy groups -OCH3 is 1. The summed E-state index contributed by atoms with van der Waals surface area (Å²) in [5, 5.41) is 12.6. The van der Waals surface area contributed by atoms with Gasteiger partial charge < -0.3 is 24.6 Å². The number of carboxylic acid groups (broad SMARTS) is 1. The number of carbonyl (C=O) groups is 2. The zero-order valence-electron chi connectivity index (χ0n) is 22.6. The molecule has 2 aliphatic rings. The lowest BCUT2D eigenvalue weighted by atomic mass is 9.98. The topological polar surface area (TPSA) is 107 Å². The fraction of sp³-hybridized carbons (Fsp3) is 0.281. The van der Waals surface area contributed by atoms with E-state index in [9.17, 15) is 14.7 Å². The summed E-state index contributed by atoms with van der Waals surface area (Å²) in [6.45, 7) is 1.06. The van der Waals surface area contributed by atoms with Gasteiger partial charge in [0.15, 0.2) is 17.2 Å². The number of aromatic nitrogens is 1. The van der Waals surface area contributed by atoms with Crippen molar-refractivity contribution in [1.82, 2.24) is 10.3 Å². The van der Waals surface area contributed by atoms with Crippen molar-refractivity contribution in [2.24, 2.45) is 5.92 Å². The highest BCUT2D eigenvalue weighted by Crippen LogP contribution is 2.46. The van der Waals surface area contributed by atoms with Crippen LogP contribution in [-0.2, 0) is 11.2 Å². The average molecular weight is 571 g/mol. The molecular formula is C32H30N2O6S. The third kappa shape index (κ3) is 5.50. The van der Waals surface area contributed by atoms with Crippen LogP contribution < -0.4 is 14.8 Å². The molecule has 0 atom stereocenters. The van der Waals surface area contributed by atoms with E-state index in [1.54, 1.807) is 7.11 Å². The van der Waals surface area contributed by atoms with Crippen LogP contribution >= 0.6 is 11.3 Å². The lowest BCUT2D eigenvalue weighted by Gasteiger charge is -2.19. The number of nitrogens with one attached hydrogen (secondary N) is 1. The summed E-state index contributed by atoms with van der Waals surface area (Å²) in [7, 11) is 1.56. The number of nitrogens with zero attached hydrogens (tertiary/aromatic N) is 1. The van der Waals surface area contributed by atoms with Gasteiger partial charge in [0.05, 0.1) is 24.1 Å². The van der Waals surface area contributed by atoms with Gasteiger partial charge in [-0.25, -0.2) is 14.6 Å². The second-order valence-corrected chi connectivity index (χ2v) is 11.1. The molecule has 1 heterocycles. The first-order valence-electron chi connectivity index (χ1n) is 13.6. The normalized spacial score (nSPS) is 13.8. The number of thiazole rings is 1. The van der Waals surface area contributed by atoms with Crippen LogP contribution in [0.5, 0.6) is 11.5 Å². The first kappa shape index (κ1) is 26.8. The molecule has 0 aliphatic heterocycles. The Hall–Kier alpha value is -4.37. The highest BCUT2D eigenvalue weighted by Gasteiger charge is 2.30. The van der Waals surface area contributed by atoms with Crippen LogP contribution in [0.15, 0.2) is 66.2 Å². The Morgan fingerprint density at radius 1 is 1.00 bits per heavy atom. The van der Waals surface area contributed by atoms with Crippen molar-refractivity contribution in [3.63, 3.8) is 0 Å². The Morgan fingerprint density at radius 3 is 2.37 bits per heavy atom. The van der Waals surface area contributed by atoms with E-state index in [0.29, 0.717) is 47.4 Å². The van der Waals surface area contributed by atoms with Gasteiger partial charge in [0.1, 0.15) is 6.61 Å². The van der Waals surface area contributed by atoms with Crippen molar-refractivity contribution in [1.29, 1.82) is 0 Å². The van der Waals surface area contributed by atoms with Crippen LogP contribution in [0, 0.1) is 5.92 Å². The number of rotatable bonds is 11. The second-order valence-electron chi connectivity index (χ2n) is 10.2. The smallest absolute Gasteiger partial charge is 0.407 e. The number of ether oxygens (including phenoxy) is 3. The van der Waals surface area contributed by atoms with Crippen molar-refractivity contribution in [3.05, 3.63) is 88.6 Å². The van der Waals surface area contributed by atoms with Crippen molar-refractivity contribution >= 4 is 23.4 Å². The molecule has 1 amide bonds. The van der Waals surface area contributed by atoms with Gasteiger partial charge in [0.25, 0.3) is 0 Å². The fourth-order valence-corrected chi connectivity index (χ4v) is 6.23. The van der Waals surface area contributed by atoms with E-state index in [1.807, 2.05) is 36.4 Å². The predicted octanol–water partition coefficient (Wildman–Crippen LogP) is 6.39. The third-order valence-electron chi connectivity index (χ3n) is 7.59. The van der Waals surface area contributed by atoms with Crippen LogP contribution in [-0.4, -0.2) is 49.0 Å². The molecule has 4 aromatic rings. The quantitative estimate of drug-likeness (QED) is 0.215. The van der Waals surface area contributed by atoms with Crippen LogP contribution in [0.1, 0.15) is 45.9 Å². The molecule has 2 aliphatic carbocycles. The summed E-state index contributed by atoms with van der Waals surface area (Å²) in [5.41, 5.74) is 7.60. The van der Waals surface area contributed by atoms with E-state index < -0.39 is 12.1 Å². The third-order valence-corrected chi connectivity index (χ3v) is 8.44. The van der Waals surface area contributed by atoms with Crippen LogP contribution in [0.3, 0.4) is 0 Å². The van der Waals surface area contributed by atoms with Crippen molar-refractivity contribution in [2.45, 2.75) is 25.2 Å². The van der Waals surface area contributed by atoms with Gasteiger partial charge >= 0.3 is 12.1 Å². The van der Waals surface area contributed by atoms with Crippen molar-refractivity contribution in [2.75, 3.05) is 26.9 Å². The lowest BCUT2D eigenvalue weighted by Crippen LogP contribution is -2.28. The zero-order chi connectivity index (χ0) is 28.3. The lowest BCUT2D eigenvalue weighted by molar-refractivity contribution is 0.0692. The first-order chi connectivity index (χ1) is 20.0. The van der Waals surface area contributed by atoms with Gasteiger partial charge in [0, 0.05) is 18.0 Å². The van der Waals surface area contributed by atoms with Crippen LogP contribution in [0.2, 0.25) is 0 Å². The molecule has 1 saturated carbocycles. The summed E-state index contributed by atoms with van der Waals surface area (Å²) < 4.78 is 17.5. The van der Waals surface area contributed by atoms with E-state index in [0.717, 1.165) is 29.5 Å². The summed E-state index contributed by atoms with van der Waals surface area (Å²) >= 11 is 1.24. The number of alkyl carbamates (subject to hydrolysis) is 1. The molecule has 9 heteroatoms. The molecule has 0 radical (unpaired) electrons. The van der Waals surface area contributed by atoms with Crippen LogP contribution in [0.4, 0.5) is 4.79 Å². The Morgan fingerprint density at radius 2 is 1.71 bits per heavy atom. The predicted molar refractivity (Wildman–Crippen MR) is 156 cm³/mol. The van der Waals surface area contributed by atoms with E-state index in [1.165, 1.54) is 28.0 Å². The summed E-state index contributed by atoms with van der Waals surface area (Å²) in [5.74, 6) is 0.392. The molecule has 41 heavy (non-hydrogen) atoms. The Bertz CT molecular complexity index is 1550. The molecular weight excluding hydrogens is 540 g/mol. The number of hydrogen-bond acceptors (Lipinski definition) is 7. The highest BCUT2D eigenvalue weighted by atomic mass is 32.1. The minimum absolute atomic E-state index is 0.0201. The van der Waals surface area contributed by atoms with Gasteiger partial charge in [-0.05, 0) is 59.1 Å². The molecule has 8 nitrogen and oxygen atoms in total. The molecule has 3 aromatic carbocycles. The molecule has 1 aromatic heterocycles. The molecule has 1 fully saturated rings. The average Bonchev–Trinajstić information content (AvgIpc) is 3.59. The number of carbonyl (C=O) groups excluding carboxylic acids is 1. The standard InChI is InChI=1S/C32H30N2O6S/c1-38-26-13-12-20(27(29(26)39-16-19-10-11-19)30-28(31(35)36)34-18-41-30)14-15-33-32(37)40-17-25-23-8-4-2-6-21(23)22-7-3-5-9-24(22)25/h2-9,12-13,18-19,25H,10-11,14-17H2,1H3,(H,33,37)(H,35,36). The number of fused-ring (bicyclic) bond motifs is 3.